The van der Waals surface area contributed by atoms with E-state index >= 15 is 0 Å². The monoisotopic (exact) mass is 535 g/mol. The van der Waals surface area contributed by atoms with E-state index in [1.54, 1.807) is 12.1 Å². The van der Waals surface area contributed by atoms with Crippen LogP contribution >= 0.6 is 0 Å². The Morgan fingerprint density at radius 3 is 2.23 bits per heavy atom. The van der Waals surface area contributed by atoms with E-state index in [4.69, 9.17) is 4.98 Å². The van der Waals surface area contributed by atoms with Crippen molar-refractivity contribution in [3.05, 3.63) is 114 Å². The molecule has 0 radical (unpaired) electrons. The van der Waals surface area contributed by atoms with Crippen molar-refractivity contribution in [2.45, 2.75) is 46.6 Å². The molecule has 2 N–H and O–H groups in total. The summed E-state index contributed by atoms with van der Waals surface area (Å²) in [5, 5.41) is 3.18. The molecule has 5 rings (SSSR count). The van der Waals surface area contributed by atoms with Crippen LogP contribution in [0.5, 0.6) is 0 Å². The van der Waals surface area contributed by atoms with E-state index in [2.05, 4.69) is 17.2 Å². The zero-order chi connectivity index (χ0) is 28.6. The number of ketones is 1. The summed E-state index contributed by atoms with van der Waals surface area (Å²) in [7, 11) is 0. The third-order valence-corrected chi connectivity index (χ3v) is 6.49. The Labute approximate surface area is 234 Å². The van der Waals surface area contributed by atoms with Crippen molar-refractivity contribution in [1.82, 2.24) is 15.3 Å². The number of imidazole rings is 1. The fraction of sp³-hybridized carbons (Fsp3) is 0.206. The van der Waals surface area contributed by atoms with Gasteiger partial charge in [-0.2, -0.15) is 0 Å². The van der Waals surface area contributed by atoms with Crippen molar-refractivity contribution in [1.29, 1.82) is 0 Å². The number of aromatic nitrogens is 2. The van der Waals surface area contributed by atoms with Gasteiger partial charge < -0.3 is 15.1 Å². The number of benzene rings is 4. The Morgan fingerprint density at radius 2 is 1.55 bits per heavy atom. The Kier molecular flexibility index (Phi) is 9.23. The predicted molar refractivity (Wildman–Crippen MR) is 160 cm³/mol. The fourth-order valence-electron chi connectivity index (χ4n) is 4.67. The number of Topliss-reactive ketones (excluding diaryl/α,β-unsaturated/α-hetero) is 1. The van der Waals surface area contributed by atoms with Crippen LogP contribution in [0, 0.1) is 12.7 Å². The van der Waals surface area contributed by atoms with Crippen molar-refractivity contribution in [2.24, 2.45) is 0 Å². The van der Waals surface area contributed by atoms with Gasteiger partial charge in [0.1, 0.15) is 17.4 Å². The molecule has 5 aromatic rings. The molecule has 4 aromatic carbocycles. The van der Waals surface area contributed by atoms with E-state index < -0.39 is 0 Å². The molecule has 1 heterocycles. The Hall–Kier alpha value is -4.58. The number of aryl methyl sites for hydroxylation is 1. The van der Waals surface area contributed by atoms with E-state index in [0.717, 1.165) is 51.7 Å². The molecule has 1 amide bonds. The zero-order valence-electron chi connectivity index (χ0n) is 23.3. The third kappa shape index (κ3) is 6.89. The highest BCUT2D eigenvalue weighted by Crippen LogP contribution is 2.34. The second-order valence-corrected chi connectivity index (χ2v) is 9.96. The lowest BCUT2D eigenvalue weighted by molar-refractivity contribution is -0.115. The van der Waals surface area contributed by atoms with Crippen molar-refractivity contribution in [2.75, 3.05) is 0 Å². The lowest BCUT2D eigenvalue weighted by Crippen LogP contribution is -2.28. The minimum absolute atomic E-state index is 0.0495. The number of amides is 1. The fourth-order valence-corrected chi connectivity index (χ4v) is 4.67. The summed E-state index contributed by atoms with van der Waals surface area (Å²) in [5.41, 5.74) is 6.73. The first-order valence-corrected chi connectivity index (χ1v) is 13.5. The van der Waals surface area contributed by atoms with Crippen molar-refractivity contribution >= 4 is 22.7 Å². The van der Waals surface area contributed by atoms with E-state index in [0.29, 0.717) is 11.4 Å². The quantitative estimate of drug-likeness (QED) is 0.220. The number of carbonyl (C=O) groups is 2. The van der Waals surface area contributed by atoms with Gasteiger partial charge in [0.25, 0.3) is 5.91 Å². The standard InChI is InChI=1S/C31H28FN3O.C3H6O/c1-3-9-27(21-10-5-4-6-11-21)35-31(36)22-14-16-24(20(2)18-22)26-19-23(32)15-17-25(26)30-33-28-12-7-8-13-29(28)34-30;1-3(2)4/h4-8,10-19,27H,3,9H2,1-2H3,(H,33,34)(H,35,36);1-2H3/t27-;/m1./s1. The molecule has 40 heavy (non-hydrogen) atoms. The Bertz CT molecular complexity index is 1590. The van der Waals surface area contributed by atoms with Crippen LogP contribution in [0.4, 0.5) is 4.39 Å². The molecule has 1 atom stereocenters. The summed E-state index contributed by atoms with van der Waals surface area (Å²) < 4.78 is 14.4. The highest BCUT2D eigenvalue weighted by Gasteiger charge is 2.18. The van der Waals surface area contributed by atoms with Gasteiger partial charge >= 0.3 is 0 Å². The number of aromatic amines is 1. The molecule has 6 heteroatoms. The van der Waals surface area contributed by atoms with Gasteiger partial charge in [0.15, 0.2) is 0 Å². The number of halogens is 1. The number of fused-ring (bicyclic) bond motifs is 1. The first kappa shape index (κ1) is 28.4. The number of H-pyrrole nitrogens is 1. The maximum atomic E-state index is 14.4. The van der Waals surface area contributed by atoms with Crippen LogP contribution in [0.2, 0.25) is 0 Å². The summed E-state index contributed by atoms with van der Waals surface area (Å²) in [4.78, 5) is 30.7. The van der Waals surface area contributed by atoms with Crippen LogP contribution in [0.1, 0.15) is 61.1 Å². The van der Waals surface area contributed by atoms with E-state index in [1.807, 2.05) is 73.7 Å². The van der Waals surface area contributed by atoms with Gasteiger partial charge in [0, 0.05) is 11.1 Å². The number of rotatable bonds is 7. The number of carbonyl (C=O) groups excluding carboxylic acids is 2. The smallest absolute Gasteiger partial charge is 0.251 e. The molecule has 1 aromatic heterocycles. The highest BCUT2D eigenvalue weighted by atomic mass is 19.1. The van der Waals surface area contributed by atoms with Crippen LogP contribution in [0.3, 0.4) is 0 Å². The van der Waals surface area contributed by atoms with Crippen molar-refractivity contribution in [3.63, 3.8) is 0 Å². The SMILES string of the molecule is CC(C)=O.CCC[C@@H](NC(=O)c1ccc(-c2cc(F)ccc2-c2nc3ccccc3[nH]2)c(C)c1)c1ccccc1. The summed E-state index contributed by atoms with van der Waals surface area (Å²) in [6.45, 7) is 7.11. The number of para-hydroxylation sites is 2. The molecule has 0 spiro atoms. The van der Waals surface area contributed by atoms with E-state index in [9.17, 15) is 14.0 Å². The van der Waals surface area contributed by atoms with Crippen LogP contribution in [-0.4, -0.2) is 21.7 Å². The third-order valence-electron chi connectivity index (χ3n) is 6.49. The lowest BCUT2D eigenvalue weighted by atomic mass is 9.93. The average Bonchev–Trinajstić information content (AvgIpc) is 3.37. The highest BCUT2D eigenvalue weighted by molar-refractivity contribution is 5.96. The van der Waals surface area contributed by atoms with Gasteiger partial charge in [-0.05, 0) is 91.9 Å². The zero-order valence-corrected chi connectivity index (χ0v) is 23.3. The molecule has 204 valence electrons. The second-order valence-electron chi connectivity index (χ2n) is 9.96. The van der Waals surface area contributed by atoms with Gasteiger partial charge in [-0.1, -0.05) is 61.9 Å². The molecule has 5 nitrogen and oxygen atoms in total. The molecule has 0 saturated carbocycles. The molecule has 0 unspecified atom stereocenters. The van der Waals surface area contributed by atoms with Crippen molar-refractivity contribution < 1.29 is 14.0 Å². The van der Waals surface area contributed by atoms with E-state index in [1.165, 1.54) is 26.0 Å². The molecule has 0 aliphatic carbocycles. The minimum Gasteiger partial charge on any atom is -0.345 e. The van der Waals surface area contributed by atoms with E-state index in [-0.39, 0.29) is 23.5 Å². The van der Waals surface area contributed by atoms with Gasteiger partial charge in [-0.15, -0.1) is 0 Å². The second kappa shape index (κ2) is 13.0. The van der Waals surface area contributed by atoms with Crippen LogP contribution < -0.4 is 5.32 Å². The largest absolute Gasteiger partial charge is 0.345 e. The predicted octanol–water partition coefficient (Wildman–Crippen LogP) is 8.21. The normalized spacial score (nSPS) is 11.4. The molecule has 0 fully saturated rings. The molecule has 0 aliphatic rings. The first-order chi connectivity index (χ1) is 19.3. The summed E-state index contributed by atoms with van der Waals surface area (Å²) in [6.07, 6.45) is 1.82. The van der Waals surface area contributed by atoms with Gasteiger partial charge in [-0.3, -0.25) is 4.79 Å². The summed E-state index contributed by atoms with van der Waals surface area (Å²) in [5.74, 6) is 0.401. The number of nitrogens with one attached hydrogen (secondary N) is 2. The first-order valence-electron chi connectivity index (χ1n) is 13.5. The van der Waals surface area contributed by atoms with Crippen molar-refractivity contribution in [3.8, 4) is 22.5 Å². The molecular formula is C34H34FN3O2. The Balaban J connectivity index is 0.000000867. The minimum atomic E-state index is -0.323. The average molecular weight is 536 g/mol. The number of hydrogen-bond donors (Lipinski definition) is 2. The van der Waals surface area contributed by atoms with Gasteiger partial charge in [-0.25, -0.2) is 9.37 Å². The van der Waals surface area contributed by atoms with Gasteiger partial charge in [0.2, 0.25) is 0 Å². The van der Waals surface area contributed by atoms with Crippen LogP contribution in [0.25, 0.3) is 33.5 Å². The number of hydrogen-bond acceptors (Lipinski definition) is 3. The maximum Gasteiger partial charge on any atom is 0.251 e. The molecule has 0 aliphatic heterocycles. The number of nitrogens with zero attached hydrogens (tertiary/aromatic N) is 1. The molecule has 0 saturated heterocycles. The maximum absolute atomic E-state index is 14.4. The topological polar surface area (TPSA) is 74.8 Å². The molecular weight excluding hydrogens is 501 g/mol. The summed E-state index contributed by atoms with van der Waals surface area (Å²) >= 11 is 0. The lowest BCUT2D eigenvalue weighted by Gasteiger charge is -2.19. The molecule has 0 bridgehead atoms. The Morgan fingerprint density at radius 1 is 0.875 bits per heavy atom. The van der Waals surface area contributed by atoms with Crippen LogP contribution in [0.15, 0.2) is 91.0 Å². The van der Waals surface area contributed by atoms with Gasteiger partial charge in [0.05, 0.1) is 17.1 Å². The summed E-state index contributed by atoms with van der Waals surface area (Å²) in [6, 6.07) is 28.1. The van der Waals surface area contributed by atoms with Crippen LogP contribution in [-0.2, 0) is 4.79 Å².